The molecule has 3 rings (SSSR count). The molecule has 0 saturated carbocycles. The van der Waals surface area contributed by atoms with Gasteiger partial charge in [-0.05, 0) is 42.7 Å². The molecule has 0 fully saturated rings. The van der Waals surface area contributed by atoms with E-state index in [0.29, 0.717) is 32.5 Å². The lowest BCUT2D eigenvalue weighted by Crippen LogP contribution is -2.15. The Bertz CT molecular complexity index is 978. The van der Waals surface area contributed by atoms with Gasteiger partial charge in [0.2, 0.25) is 0 Å². The van der Waals surface area contributed by atoms with Crippen LogP contribution in [0.1, 0.15) is 38.3 Å². The van der Waals surface area contributed by atoms with E-state index in [1.165, 1.54) is 0 Å². The van der Waals surface area contributed by atoms with Crippen LogP contribution in [-0.4, -0.2) is 14.8 Å². The van der Waals surface area contributed by atoms with E-state index in [1.54, 1.807) is 23.9 Å². The molecule has 3 aromatic rings. The Morgan fingerprint density at radius 2 is 1.76 bits per heavy atom. The lowest BCUT2D eigenvalue weighted by atomic mass is 10.2. The van der Waals surface area contributed by atoms with Crippen molar-refractivity contribution in [2.75, 3.05) is 0 Å². The number of hydrogen-bond donors (Lipinski definition) is 0. The van der Waals surface area contributed by atoms with Gasteiger partial charge in [-0.2, -0.15) is 0 Å². The quantitative estimate of drug-likeness (QED) is 0.323. The summed E-state index contributed by atoms with van der Waals surface area (Å²) in [5, 5.41) is 11.5. The highest BCUT2D eigenvalue weighted by molar-refractivity contribution is 7.98. The fourth-order valence-electron chi connectivity index (χ4n) is 2.81. The molecule has 8 heteroatoms. The smallest absolute Gasteiger partial charge is 0.191 e. The van der Waals surface area contributed by atoms with E-state index >= 15 is 0 Å². The third-order valence-corrected chi connectivity index (χ3v) is 6.08. The molecule has 0 aliphatic heterocycles. The fraction of sp³-hybridized carbons (Fsp3) is 0.333. The minimum Gasteiger partial charge on any atom is -0.481 e. The summed E-state index contributed by atoms with van der Waals surface area (Å²) in [6, 6.07) is 12.9. The molecule has 0 spiro atoms. The molecule has 1 heterocycles. The van der Waals surface area contributed by atoms with Crippen LogP contribution in [0.4, 0.5) is 0 Å². The first kappa shape index (κ1) is 22.3. The maximum absolute atomic E-state index is 6.31. The molecule has 29 heavy (non-hydrogen) atoms. The van der Waals surface area contributed by atoms with Crippen molar-refractivity contribution in [3.63, 3.8) is 0 Å². The van der Waals surface area contributed by atoms with Gasteiger partial charge in [-0.25, -0.2) is 0 Å². The molecule has 0 radical (unpaired) electrons. The second-order valence-corrected chi connectivity index (χ2v) is 9.25. The molecular formula is C21H22Cl3N3OS. The van der Waals surface area contributed by atoms with E-state index in [9.17, 15) is 0 Å². The molecule has 0 N–H and O–H groups in total. The van der Waals surface area contributed by atoms with Crippen LogP contribution < -0.4 is 4.74 Å². The van der Waals surface area contributed by atoms with Crippen molar-refractivity contribution in [2.24, 2.45) is 5.92 Å². The fourth-order valence-corrected chi connectivity index (χ4v) is 4.50. The first-order valence-corrected chi connectivity index (χ1v) is 11.4. The van der Waals surface area contributed by atoms with Crippen LogP contribution in [0, 0.1) is 5.92 Å². The van der Waals surface area contributed by atoms with Crippen LogP contribution in [0.5, 0.6) is 5.75 Å². The highest BCUT2D eigenvalue weighted by atomic mass is 35.5. The Labute approximate surface area is 190 Å². The summed E-state index contributed by atoms with van der Waals surface area (Å²) < 4.78 is 8.17. The molecule has 2 aromatic carbocycles. The van der Waals surface area contributed by atoms with Gasteiger partial charge in [-0.3, -0.25) is 0 Å². The summed E-state index contributed by atoms with van der Waals surface area (Å²) in [7, 11) is 0. The van der Waals surface area contributed by atoms with Crippen LogP contribution in [0.3, 0.4) is 0 Å². The van der Waals surface area contributed by atoms with Crippen molar-refractivity contribution in [3.05, 3.63) is 68.9 Å². The molecule has 1 atom stereocenters. The number of aromatic nitrogens is 3. The zero-order valence-corrected chi connectivity index (χ0v) is 19.5. The van der Waals surface area contributed by atoms with Gasteiger partial charge >= 0.3 is 0 Å². The molecule has 0 aliphatic carbocycles. The van der Waals surface area contributed by atoms with E-state index in [4.69, 9.17) is 39.5 Å². The molecule has 0 saturated heterocycles. The summed E-state index contributed by atoms with van der Waals surface area (Å²) in [5.41, 5.74) is 1.00. The molecule has 1 unspecified atom stereocenters. The lowest BCUT2D eigenvalue weighted by Gasteiger charge is -2.18. The second kappa shape index (κ2) is 10.1. The molecule has 154 valence electrons. The van der Waals surface area contributed by atoms with Crippen molar-refractivity contribution in [3.8, 4) is 5.75 Å². The van der Waals surface area contributed by atoms with Crippen LogP contribution in [0.25, 0.3) is 0 Å². The molecule has 0 bridgehead atoms. The third-order valence-electron chi connectivity index (χ3n) is 4.17. The van der Waals surface area contributed by atoms with Crippen molar-refractivity contribution in [2.45, 2.75) is 44.3 Å². The summed E-state index contributed by atoms with van der Waals surface area (Å²) in [6.07, 6.45) is -0.297. The highest BCUT2D eigenvalue weighted by Gasteiger charge is 2.21. The van der Waals surface area contributed by atoms with Gasteiger partial charge in [0, 0.05) is 22.3 Å². The number of rotatable bonds is 8. The number of para-hydroxylation sites is 1. The molecular weight excluding hydrogens is 449 g/mol. The zero-order chi connectivity index (χ0) is 21.0. The Balaban J connectivity index is 1.81. The Kier molecular flexibility index (Phi) is 7.74. The molecule has 0 aliphatic rings. The number of halogens is 3. The van der Waals surface area contributed by atoms with E-state index in [1.807, 2.05) is 37.3 Å². The maximum Gasteiger partial charge on any atom is 0.191 e. The lowest BCUT2D eigenvalue weighted by molar-refractivity contribution is 0.207. The summed E-state index contributed by atoms with van der Waals surface area (Å²) in [5.74, 6) is 2.49. The molecule has 0 amide bonds. The summed E-state index contributed by atoms with van der Waals surface area (Å²) >= 11 is 20.1. The van der Waals surface area contributed by atoms with Crippen molar-refractivity contribution in [1.29, 1.82) is 0 Å². The van der Waals surface area contributed by atoms with Crippen molar-refractivity contribution in [1.82, 2.24) is 14.8 Å². The first-order valence-electron chi connectivity index (χ1n) is 9.26. The van der Waals surface area contributed by atoms with Gasteiger partial charge < -0.3 is 9.30 Å². The van der Waals surface area contributed by atoms with Gasteiger partial charge in [0.15, 0.2) is 17.1 Å². The van der Waals surface area contributed by atoms with Crippen LogP contribution >= 0.6 is 46.6 Å². The van der Waals surface area contributed by atoms with Gasteiger partial charge in [0.1, 0.15) is 5.75 Å². The SMILES string of the molecule is CC(C)Cn1c(SCc2ccc(Cl)cc2Cl)nnc1C(C)Oc1ccccc1Cl. The average molecular weight is 471 g/mol. The monoisotopic (exact) mass is 469 g/mol. The van der Waals surface area contributed by atoms with Crippen LogP contribution in [0.15, 0.2) is 47.6 Å². The topological polar surface area (TPSA) is 39.9 Å². The predicted molar refractivity (Wildman–Crippen MR) is 121 cm³/mol. The van der Waals surface area contributed by atoms with Gasteiger partial charge in [-0.15, -0.1) is 10.2 Å². The number of hydrogen-bond acceptors (Lipinski definition) is 4. The van der Waals surface area contributed by atoms with E-state index in [0.717, 1.165) is 23.1 Å². The number of nitrogens with zero attached hydrogens (tertiary/aromatic N) is 3. The van der Waals surface area contributed by atoms with Gasteiger partial charge in [0.05, 0.1) is 5.02 Å². The largest absolute Gasteiger partial charge is 0.481 e. The summed E-state index contributed by atoms with van der Waals surface area (Å²) in [4.78, 5) is 0. The molecule has 4 nitrogen and oxygen atoms in total. The number of benzene rings is 2. The Morgan fingerprint density at radius 1 is 1.00 bits per heavy atom. The van der Waals surface area contributed by atoms with E-state index in [2.05, 4.69) is 28.6 Å². The zero-order valence-electron chi connectivity index (χ0n) is 16.4. The van der Waals surface area contributed by atoms with Crippen molar-refractivity contribution < 1.29 is 4.74 Å². The van der Waals surface area contributed by atoms with E-state index < -0.39 is 0 Å². The first-order chi connectivity index (χ1) is 13.8. The van der Waals surface area contributed by atoms with Crippen LogP contribution in [-0.2, 0) is 12.3 Å². The third kappa shape index (κ3) is 5.82. The highest BCUT2D eigenvalue weighted by Crippen LogP contribution is 2.32. The molecule has 1 aromatic heterocycles. The summed E-state index contributed by atoms with van der Waals surface area (Å²) in [6.45, 7) is 7.06. The van der Waals surface area contributed by atoms with Crippen molar-refractivity contribution >= 4 is 46.6 Å². The normalized spacial score (nSPS) is 12.4. The van der Waals surface area contributed by atoms with Gasteiger partial charge in [0.25, 0.3) is 0 Å². The predicted octanol–water partition coefficient (Wildman–Crippen LogP) is 7.33. The Morgan fingerprint density at radius 3 is 2.45 bits per heavy atom. The standard InChI is InChI=1S/C21H22Cl3N3OS/c1-13(2)11-27-20(14(3)28-19-7-5-4-6-17(19)23)25-26-21(27)29-12-15-8-9-16(22)10-18(15)24/h4-10,13-14H,11-12H2,1-3H3. The minimum absolute atomic E-state index is 0.297. The van der Waals surface area contributed by atoms with E-state index in [-0.39, 0.29) is 6.10 Å². The second-order valence-electron chi connectivity index (χ2n) is 7.06. The maximum atomic E-state index is 6.31. The minimum atomic E-state index is -0.297. The number of ether oxygens (including phenoxy) is 1. The average Bonchev–Trinajstić information content (AvgIpc) is 3.05. The van der Waals surface area contributed by atoms with Crippen LogP contribution in [0.2, 0.25) is 15.1 Å². The number of thioether (sulfide) groups is 1. The van der Waals surface area contributed by atoms with Gasteiger partial charge in [-0.1, -0.05) is 78.6 Å². The Hall–Kier alpha value is -1.40.